The first-order valence-electron chi connectivity index (χ1n) is 9.07. The Morgan fingerprint density at radius 2 is 1.55 bits per heavy atom. The lowest BCUT2D eigenvalue weighted by Crippen LogP contribution is -2.13. The average molecular weight is 380 g/mol. The lowest BCUT2D eigenvalue weighted by atomic mass is 10.0. The molecule has 0 aliphatic rings. The summed E-state index contributed by atoms with van der Waals surface area (Å²) in [6.45, 7) is 0. The van der Waals surface area contributed by atoms with E-state index in [1.54, 1.807) is 12.1 Å². The Balaban J connectivity index is 1.34. The van der Waals surface area contributed by atoms with Crippen LogP contribution in [-0.4, -0.2) is 30.4 Å². The van der Waals surface area contributed by atoms with Gasteiger partial charge in [-0.3, -0.25) is 4.79 Å². The Labute approximate surface area is 166 Å². The van der Waals surface area contributed by atoms with Gasteiger partial charge >= 0.3 is 0 Å². The molecule has 29 heavy (non-hydrogen) atoms. The molecule has 0 saturated heterocycles. The molecule has 0 saturated carbocycles. The summed E-state index contributed by atoms with van der Waals surface area (Å²) < 4.78 is 2.06. The molecule has 0 aliphatic heterocycles. The van der Waals surface area contributed by atoms with Crippen LogP contribution in [0.3, 0.4) is 0 Å². The molecule has 0 aliphatic carbocycles. The minimum atomic E-state index is -0.242. The molecule has 7 nitrogen and oxygen atoms in total. The zero-order valence-corrected chi connectivity index (χ0v) is 15.3. The number of amides is 1. The standard InChI is InChI=1S/C22H16N6O/c29-22(27-21-19-20(24-13-23-19)25-14-26-21)17-5-3-15(4-6-17)16-7-9-18(10-8-16)28-11-1-2-12-28/h1-14H,(H2,23,24,25,26,27,29). The lowest BCUT2D eigenvalue weighted by Gasteiger charge is -2.08. The van der Waals surface area contributed by atoms with Crippen LogP contribution in [0.5, 0.6) is 0 Å². The predicted octanol–water partition coefficient (Wildman–Crippen LogP) is 4.06. The third kappa shape index (κ3) is 3.25. The maximum Gasteiger partial charge on any atom is 0.256 e. The van der Waals surface area contributed by atoms with Crippen molar-refractivity contribution in [2.45, 2.75) is 0 Å². The third-order valence-electron chi connectivity index (χ3n) is 4.71. The quantitative estimate of drug-likeness (QED) is 0.492. The van der Waals surface area contributed by atoms with Crippen molar-refractivity contribution in [2.75, 3.05) is 5.32 Å². The van der Waals surface area contributed by atoms with Gasteiger partial charge in [0.15, 0.2) is 11.5 Å². The molecule has 1 amide bonds. The molecule has 5 rings (SSSR count). The zero-order valence-electron chi connectivity index (χ0n) is 15.3. The normalized spacial score (nSPS) is 10.9. The fourth-order valence-electron chi connectivity index (χ4n) is 3.19. The van der Waals surface area contributed by atoms with Gasteiger partial charge in [-0.05, 0) is 47.5 Å². The summed E-state index contributed by atoms with van der Waals surface area (Å²) >= 11 is 0. The zero-order chi connectivity index (χ0) is 19.6. The highest BCUT2D eigenvalue weighted by atomic mass is 16.1. The number of carbonyl (C=O) groups is 1. The van der Waals surface area contributed by atoms with E-state index < -0.39 is 0 Å². The molecular weight excluding hydrogens is 364 g/mol. The largest absolute Gasteiger partial charge is 0.340 e. The molecule has 140 valence electrons. The maximum atomic E-state index is 12.6. The van der Waals surface area contributed by atoms with E-state index in [4.69, 9.17) is 0 Å². The van der Waals surface area contributed by atoms with Crippen LogP contribution in [0, 0.1) is 0 Å². The lowest BCUT2D eigenvalue weighted by molar-refractivity contribution is 0.102. The van der Waals surface area contributed by atoms with E-state index in [1.807, 2.05) is 36.7 Å². The van der Waals surface area contributed by atoms with Crippen molar-refractivity contribution >= 4 is 22.9 Å². The molecule has 2 aromatic carbocycles. The molecule has 0 atom stereocenters. The number of H-pyrrole nitrogens is 1. The fourth-order valence-corrected chi connectivity index (χ4v) is 3.19. The van der Waals surface area contributed by atoms with Crippen molar-refractivity contribution in [3.05, 3.63) is 91.3 Å². The number of rotatable bonds is 4. The number of nitrogens with zero attached hydrogens (tertiary/aromatic N) is 4. The van der Waals surface area contributed by atoms with E-state index in [9.17, 15) is 4.79 Å². The second-order valence-electron chi connectivity index (χ2n) is 6.49. The van der Waals surface area contributed by atoms with Gasteiger partial charge in [0.2, 0.25) is 0 Å². The average Bonchev–Trinajstić information content (AvgIpc) is 3.47. The van der Waals surface area contributed by atoms with Gasteiger partial charge < -0.3 is 14.9 Å². The van der Waals surface area contributed by atoms with Gasteiger partial charge in [0, 0.05) is 23.6 Å². The summed E-state index contributed by atoms with van der Waals surface area (Å²) in [6.07, 6.45) is 6.92. The van der Waals surface area contributed by atoms with Crippen LogP contribution in [0.15, 0.2) is 85.7 Å². The van der Waals surface area contributed by atoms with Crippen LogP contribution in [0.2, 0.25) is 0 Å². The number of hydrogen-bond acceptors (Lipinski definition) is 4. The van der Waals surface area contributed by atoms with E-state index in [1.165, 1.54) is 12.7 Å². The number of aromatic nitrogens is 5. The highest BCUT2D eigenvalue weighted by Crippen LogP contribution is 2.22. The number of imidazole rings is 1. The van der Waals surface area contributed by atoms with E-state index in [0.717, 1.165) is 16.8 Å². The van der Waals surface area contributed by atoms with Crippen LogP contribution in [0.1, 0.15) is 10.4 Å². The summed E-state index contributed by atoms with van der Waals surface area (Å²) in [5, 5.41) is 2.81. The summed E-state index contributed by atoms with van der Waals surface area (Å²) in [4.78, 5) is 27.8. The molecule has 2 N–H and O–H groups in total. The van der Waals surface area contributed by atoms with Gasteiger partial charge in [0.1, 0.15) is 11.8 Å². The molecular formula is C22H16N6O. The molecule has 0 bridgehead atoms. The molecule has 7 heteroatoms. The number of aromatic amines is 1. The highest BCUT2D eigenvalue weighted by Gasteiger charge is 2.11. The molecule has 3 aromatic heterocycles. The van der Waals surface area contributed by atoms with Gasteiger partial charge in [0.05, 0.1) is 6.33 Å². The SMILES string of the molecule is O=C(Nc1ncnc2nc[nH]c12)c1ccc(-c2ccc(-n3cccc3)cc2)cc1. The second-order valence-corrected chi connectivity index (χ2v) is 6.49. The van der Waals surface area contributed by atoms with E-state index in [-0.39, 0.29) is 5.91 Å². The van der Waals surface area contributed by atoms with Crippen LogP contribution >= 0.6 is 0 Å². The van der Waals surface area contributed by atoms with Crippen molar-refractivity contribution in [3.63, 3.8) is 0 Å². The minimum Gasteiger partial charge on any atom is -0.340 e. The number of nitrogens with one attached hydrogen (secondary N) is 2. The minimum absolute atomic E-state index is 0.242. The van der Waals surface area contributed by atoms with Crippen LogP contribution in [-0.2, 0) is 0 Å². The van der Waals surface area contributed by atoms with Gasteiger partial charge in [-0.15, -0.1) is 0 Å². The van der Waals surface area contributed by atoms with E-state index in [0.29, 0.717) is 22.5 Å². The Morgan fingerprint density at radius 1 is 0.862 bits per heavy atom. The van der Waals surface area contributed by atoms with Crippen molar-refractivity contribution < 1.29 is 4.79 Å². The first kappa shape index (κ1) is 16.9. The summed E-state index contributed by atoms with van der Waals surface area (Å²) in [5.74, 6) is 0.163. The second kappa shape index (κ2) is 7.05. The van der Waals surface area contributed by atoms with Gasteiger partial charge in [-0.2, -0.15) is 0 Å². The van der Waals surface area contributed by atoms with Gasteiger partial charge in [0.25, 0.3) is 5.91 Å². The van der Waals surface area contributed by atoms with Crippen LogP contribution in [0.4, 0.5) is 5.82 Å². The molecule has 0 fully saturated rings. The molecule has 0 spiro atoms. The Kier molecular flexibility index (Phi) is 4.10. The van der Waals surface area contributed by atoms with Crippen LogP contribution < -0.4 is 5.32 Å². The van der Waals surface area contributed by atoms with E-state index in [2.05, 4.69) is 54.1 Å². The number of fused-ring (bicyclic) bond motifs is 1. The number of hydrogen-bond donors (Lipinski definition) is 2. The van der Waals surface area contributed by atoms with Crippen LogP contribution in [0.25, 0.3) is 28.0 Å². The highest BCUT2D eigenvalue weighted by molar-refractivity contribution is 6.06. The smallest absolute Gasteiger partial charge is 0.256 e. The summed E-state index contributed by atoms with van der Waals surface area (Å²) in [7, 11) is 0. The topological polar surface area (TPSA) is 88.5 Å². The molecule has 3 heterocycles. The first-order chi connectivity index (χ1) is 14.3. The molecule has 0 unspecified atom stereocenters. The Bertz CT molecular complexity index is 1270. The number of anilines is 1. The summed E-state index contributed by atoms with van der Waals surface area (Å²) in [5.41, 5.74) is 4.88. The molecule has 0 radical (unpaired) electrons. The van der Waals surface area contributed by atoms with Crippen molar-refractivity contribution in [3.8, 4) is 16.8 Å². The fraction of sp³-hybridized carbons (Fsp3) is 0. The maximum absolute atomic E-state index is 12.6. The van der Waals surface area contributed by atoms with Crippen molar-refractivity contribution in [1.29, 1.82) is 0 Å². The number of benzene rings is 2. The Hall–Kier alpha value is -4.26. The molecule has 5 aromatic rings. The summed E-state index contributed by atoms with van der Waals surface area (Å²) in [6, 6.07) is 19.7. The van der Waals surface area contributed by atoms with Crippen molar-refractivity contribution in [2.24, 2.45) is 0 Å². The third-order valence-corrected chi connectivity index (χ3v) is 4.71. The van der Waals surface area contributed by atoms with Gasteiger partial charge in [-0.1, -0.05) is 24.3 Å². The predicted molar refractivity (Wildman–Crippen MR) is 111 cm³/mol. The monoisotopic (exact) mass is 380 g/mol. The number of carbonyl (C=O) groups excluding carboxylic acids is 1. The van der Waals surface area contributed by atoms with Crippen molar-refractivity contribution in [1.82, 2.24) is 24.5 Å². The first-order valence-corrected chi connectivity index (χ1v) is 9.07. The van der Waals surface area contributed by atoms with Gasteiger partial charge in [-0.25, -0.2) is 15.0 Å². The van der Waals surface area contributed by atoms with E-state index >= 15 is 0 Å². The Morgan fingerprint density at radius 3 is 2.28 bits per heavy atom.